The van der Waals surface area contributed by atoms with Gasteiger partial charge < -0.3 is 8.82 Å². The SMILES string of the molecule is c1ccc2c(c1)ccc1c2c2ccccc2n1-c1nc(-n2c3ccccc3c3cc4c5ccccc5n5c6c7ccccc7ccc6c(c32)c45)c2oc3ccccc3c2n1. The summed E-state index contributed by atoms with van der Waals surface area (Å²) in [4.78, 5) is 11.2. The molecular formula is C54H29N5O. The van der Waals surface area contributed by atoms with Crippen molar-refractivity contribution in [3.63, 3.8) is 0 Å². The zero-order valence-electron chi connectivity index (χ0n) is 31.9. The van der Waals surface area contributed by atoms with Crippen LogP contribution in [0.5, 0.6) is 0 Å². The molecule has 276 valence electrons. The van der Waals surface area contributed by atoms with Gasteiger partial charge in [0.15, 0.2) is 11.4 Å². The summed E-state index contributed by atoms with van der Waals surface area (Å²) in [6.07, 6.45) is 0. The number of fused-ring (bicyclic) bond motifs is 20. The Morgan fingerprint density at radius 2 is 0.967 bits per heavy atom. The smallest absolute Gasteiger partial charge is 0.237 e. The van der Waals surface area contributed by atoms with Crippen LogP contribution in [0.1, 0.15) is 0 Å². The number of nitrogens with zero attached hydrogens (tertiary/aromatic N) is 5. The van der Waals surface area contributed by atoms with Crippen molar-refractivity contribution in [1.29, 1.82) is 0 Å². The molecule has 15 aromatic rings. The van der Waals surface area contributed by atoms with Gasteiger partial charge in [-0.25, -0.2) is 4.98 Å². The van der Waals surface area contributed by atoms with Crippen LogP contribution in [0.15, 0.2) is 180 Å². The van der Waals surface area contributed by atoms with E-state index in [1.165, 1.54) is 70.4 Å². The van der Waals surface area contributed by atoms with E-state index in [1.54, 1.807) is 0 Å². The van der Waals surface area contributed by atoms with Gasteiger partial charge in [0.1, 0.15) is 11.1 Å². The normalized spacial score (nSPS) is 12.7. The van der Waals surface area contributed by atoms with Crippen LogP contribution >= 0.6 is 0 Å². The second kappa shape index (κ2) is 10.8. The number of rotatable bonds is 2. The van der Waals surface area contributed by atoms with Crippen LogP contribution in [-0.2, 0) is 0 Å². The molecule has 0 saturated heterocycles. The molecule has 6 aromatic heterocycles. The molecule has 9 aromatic carbocycles. The minimum absolute atomic E-state index is 0.592. The Morgan fingerprint density at radius 1 is 0.367 bits per heavy atom. The number of hydrogen-bond donors (Lipinski definition) is 0. The van der Waals surface area contributed by atoms with E-state index in [-0.39, 0.29) is 0 Å². The van der Waals surface area contributed by atoms with Crippen molar-refractivity contribution >= 4 is 125 Å². The van der Waals surface area contributed by atoms with Crippen LogP contribution in [-0.4, -0.2) is 23.5 Å². The van der Waals surface area contributed by atoms with E-state index in [2.05, 4.69) is 177 Å². The fourth-order valence-corrected chi connectivity index (χ4v) is 10.7. The zero-order valence-corrected chi connectivity index (χ0v) is 31.9. The first-order valence-corrected chi connectivity index (χ1v) is 20.4. The van der Waals surface area contributed by atoms with Crippen molar-refractivity contribution in [2.75, 3.05) is 0 Å². The van der Waals surface area contributed by atoms with Gasteiger partial charge in [-0.3, -0.25) is 9.13 Å². The first-order chi connectivity index (χ1) is 29.8. The highest BCUT2D eigenvalue weighted by molar-refractivity contribution is 6.36. The number of para-hydroxylation sites is 4. The summed E-state index contributed by atoms with van der Waals surface area (Å²) in [6.45, 7) is 0. The van der Waals surface area contributed by atoms with Crippen LogP contribution in [0, 0.1) is 0 Å². The second-order valence-electron chi connectivity index (χ2n) is 16.1. The van der Waals surface area contributed by atoms with Gasteiger partial charge in [0.2, 0.25) is 5.95 Å². The number of furan rings is 1. The first kappa shape index (κ1) is 30.9. The minimum Gasteiger partial charge on any atom is -0.450 e. The van der Waals surface area contributed by atoms with Crippen molar-refractivity contribution in [2.45, 2.75) is 0 Å². The molecule has 15 rings (SSSR count). The first-order valence-electron chi connectivity index (χ1n) is 20.4. The van der Waals surface area contributed by atoms with Gasteiger partial charge >= 0.3 is 0 Å². The molecule has 0 spiro atoms. The highest BCUT2D eigenvalue weighted by atomic mass is 16.3. The van der Waals surface area contributed by atoms with Gasteiger partial charge in [-0.1, -0.05) is 133 Å². The number of hydrogen-bond acceptors (Lipinski definition) is 3. The number of benzene rings is 9. The lowest BCUT2D eigenvalue weighted by molar-refractivity contribution is 0.661. The maximum absolute atomic E-state index is 6.90. The maximum atomic E-state index is 6.90. The average molecular weight is 764 g/mol. The van der Waals surface area contributed by atoms with E-state index in [4.69, 9.17) is 14.4 Å². The van der Waals surface area contributed by atoms with Crippen LogP contribution in [0.3, 0.4) is 0 Å². The van der Waals surface area contributed by atoms with Gasteiger partial charge in [-0.05, 0) is 58.6 Å². The third-order valence-corrected chi connectivity index (χ3v) is 13.1. The lowest BCUT2D eigenvalue weighted by atomic mass is 10.0. The molecule has 0 aliphatic carbocycles. The Balaban J connectivity index is 1.18. The molecule has 0 fully saturated rings. The second-order valence-corrected chi connectivity index (χ2v) is 16.1. The summed E-state index contributed by atoms with van der Waals surface area (Å²) in [5, 5.41) is 15.4. The van der Waals surface area contributed by atoms with E-state index >= 15 is 0 Å². The van der Waals surface area contributed by atoms with E-state index < -0.39 is 0 Å². The summed E-state index contributed by atoms with van der Waals surface area (Å²) in [7, 11) is 0. The van der Waals surface area contributed by atoms with Gasteiger partial charge in [0, 0.05) is 53.9 Å². The zero-order chi connectivity index (χ0) is 38.8. The van der Waals surface area contributed by atoms with Gasteiger partial charge in [0.05, 0.1) is 38.6 Å². The predicted molar refractivity (Wildman–Crippen MR) is 248 cm³/mol. The van der Waals surface area contributed by atoms with Gasteiger partial charge in [-0.2, -0.15) is 4.98 Å². The van der Waals surface area contributed by atoms with E-state index in [1.807, 2.05) is 12.1 Å². The van der Waals surface area contributed by atoms with E-state index in [0.29, 0.717) is 17.3 Å². The fraction of sp³-hybridized carbons (Fsp3) is 0. The Bertz CT molecular complexity index is 4370. The maximum Gasteiger partial charge on any atom is 0.237 e. The summed E-state index contributed by atoms with van der Waals surface area (Å²) < 4.78 is 14.0. The molecule has 0 saturated carbocycles. The Labute approximate surface area is 339 Å². The van der Waals surface area contributed by atoms with E-state index in [0.717, 1.165) is 49.3 Å². The lowest BCUT2D eigenvalue weighted by Gasteiger charge is -2.12. The molecule has 0 radical (unpaired) electrons. The van der Waals surface area contributed by atoms with Crippen molar-refractivity contribution in [3.8, 4) is 11.8 Å². The third-order valence-electron chi connectivity index (χ3n) is 13.1. The quantitative estimate of drug-likeness (QED) is 0.176. The molecule has 60 heavy (non-hydrogen) atoms. The van der Waals surface area contributed by atoms with E-state index in [9.17, 15) is 0 Å². The summed E-state index contributed by atoms with van der Waals surface area (Å²) in [6, 6.07) is 63.2. The fourth-order valence-electron chi connectivity index (χ4n) is 10.7. The van der Waals surface area contributed by atoms with Crippen molar-refractivity contribution in [2.24, 2.45) is 0 Å². The summed E-state index contributed by atoms with van der Waals surface area (Å²) in [5.74, 6) is 1.30. The summed E-state index contributed by atoms with van der Waals surface area (Å²) in [5.41, 5.74) is 10.1. The predicted octanol–water partition coefficient (Wildman–Crippen LogP) is 14.0. The highest BCUT2D eigenvalue weighted by Crippen LogP contribution is 2.48. The largest absolute Gasteiger partial charge is 0.450 e. The van der Waals surface area contributed by atoms with Gasteiger partial charge in [0.25, 0.3) is 0 Å². The topological polar surface area (TPSA) is 53.2 Å². The van der Waals surface area contributed by atoms with Crippen LogP contribution < -0.4 is 0 Å². The molecule has 0 atom stereocenters. The molecule has 0 N–H and O–H groups in total. The summed E-state index contributed by atoms with van der Waals surface area (Å²) >= 11 is 0. The monoisotopic (exact) mass is 763 g/mol. The minimum atomic E-state index is 0.592. The Morgan fingerprint density at radius 3 is 1.78 bits per heavy atom. The van der Waals surface area contributed by atoms with Crippen LogP contribution in [0.2, 0.25) is 0 Å². The van der Waals surface area contributed by atoms with Gasteiger partial charge in [-0.15, -0.1) is 0 Å². The molecular weight excluding hydrogens is 735 g/mol. The molecule has 6 heteroatoms. The average Bonchev–Trinajstić information content (AvgIpc) is 4.10. The highest BCUT2D eigenvalue weighted by Gasteiger charge is 2.28. The standard InChI is InChI=1S/C54H29N5O/c1-3-15-32-30(13-1)26-28-44-46(32)36-19-7-11-23-43(36)57(44)54-55-48-37-20-8-12-24-45(37)60-52(48)53(56-54)59-42-22-10-6-18-35(42)40-29-39-34-17-5-9-21-41(34)58-49-33-16-4-2-14-31(33)25-27-38(49)47(50(39)58)51(40)59/h1-29H. The molecule has 0 unspecified atom stereocenters. The molecule has 0 aliphatic heterocycles. The van der Waals surface area contributed by atoms with Crippen LogP contribution in [0.25, 0.3) is 137 Å². The Hall–Kier alpha value is -8.22. The molecule has 6 nitrogen and oxygen atoms in total. The molecule has 0 amide bonds. The number of aromatic nitrogens is 5. The van der Waals surface area contributed by atoms with Crippen molar-refractivity contribution in [3.05, 3.63) is 176 Å². The van der Waals surface area contributed by atoms with Crippen molar-refractivity contribution < 1.29 is 4.42 Å². The molecule has 6 heterocycles. The molecule has 0 bridgehead atoms. The van der Waals surface area contributed by atoms with Crippen molar-refractivity contribution in [1.82, 2.24) is 23.5 Å². The van der Waals surface area contributed by atoms with Crippen LogP contribution in [0.4, 0.5) is 0 Å². The molecule has 0 aliphatic rings. The lowest BCUT2D eigenvalue weighted by Crippen LogP contribution is -2.06. The third kappa shape index (κ3) is 3.66. The Kier molecular flexibility index (Phi) is 5.57.